The number of hydrogen-bond acceptors (Lipinski definition) is 2. The van der Waals surface area contributed by atoms with Gasteiger partial charge in [-0.1, -0.05) is 112 Å². The first-order chi connectivity index (χ1) is 20.9. The molecule has 0 aliphatic heterocycles. The van der Waals surface area contributed by atoms with Crippen LogP contribution in [0.5, 0.6) is 0 Å². The summed E-state index contributed by atoms with van der Waals surface area (Å²) in [5.41, 5.74) is 9.51. The van der Waals surface area contributed by atoms with E-state index in [1.807, 2.05) is 13.8 Å². The number of halogens is 2. The van der Waals surface area contributed by atoms with Crippen molar-refractivity contribution in [3.05, 3.63) is 141 Å². The minimum absolute atomic E-state index is 0.101. The summed E-state index contributed by atoms with van der Waals surface area (Å²) < 4.78 is 2.12. The van der Waals surface area contributed by atoms with Gasteiger partial charge in [0.25, 0.3) is 0 Å². The van der Waals surface area contributed by atoms with Gasteiger partial charge in [0.05, 0.1) is 0 Å². The standard InChI is InChI=1S/C38H38Br2N2.C2H6/c1-37(2,3)27-7-15-31(16-8-27)41(33-19-11-29(39)12-20-33)35-23-25-36(26-24-35)42(34-21-13-30(40)14-22-34)32-17-9-28(10-18-32)38(4,5)6;1-2/h7-26H,1-6H3;1-2H3. The molecule has 5 aromatic carbocycles. The lowest BCUT2D eigenvalue weighted by Gasteiger charge is -2.29. The molecule has 2 nitrogen and oxygen atoms in total. The number of hydrogen-bond donors (Lipinski definition) is 0. The van der Waals surface area contributed by atoms with Crippen molar-refractivity contribution in [1.29, 1.82) is 0 Å². The average Bonchev–Trinajstić information content (AvgIpc) is 3.01. The molecule has 44 heavy (non-hydrogen) atoms. The van der Waals surface area contributed by atoms with Crippen LogP contribution in [0.25, 0.3) is 0 Å². The Morgan fingerprint density at radius 1 is 0.341 bits per heavy atom. The van der Waals surface area contributed by atoms with Gasteiger partial charge < -0.3 is 9.80 Å². The summed E-state index contributed by atoms with van der Waals surface area (Å²) in [6.07, 6.45) is 0. The Bertz CT molecular complexity index is 1480. The number of nitrogens with zero attached hydrogens (tertiary/aromatic N) is 2. The Morgan fingerprint density at radius 2 is 0.523 bits per heavy atom. The van der Waals surface area contributed by atoms with Crippen molar-refractivity contribution in [2.75, 3.05) is 9.80 Å². The molecule has 0 bridgehead atoms. The van der Waals surface area contributed by atoms with Gasteiger partial charge in [-0.05, 0) is 119 Å². The average molecular weight is 713 g/mol. The van der Waals surface area contributed by atoms with E-state index < -0.39 is 0 Å². The van der Waals surface area contributed by atoms with Crippen LogP contribution < -0.4 is 9.80 Å². The first-order valence-electron chi connectivity index (χ1n) is 15.3. The molecule has 0 saturated carbocycles. The highest BCUT2D eigenvalue weighted by molar-refractivity contribution is 9.10. The molecule has 0 heterocycles. The third kappa shape index (κ3) is 8.02. The van der Waals surface area contributed by atoms with Crippen LogP contribution in [0.1, 0.15) is 66.5 Å². The molecule has 5 aromatic rings. The Kier molecular flexibility index (Phi) is 10.8. The topological polar surface area (TPSA) is 6.48 Å². The van der Waals surface area contributed by atoms with Gasteiger partial charge in [-0.25, -0.2) is 0 Å². The Balaban J connectivity index is 0.00000216. The molecule has 0 radical (unpaired) electrons. The van der Waals surface area contributed by atoms with Crippen molar-refractivity contribution in [1.82, 2.24) is 0 Å². The van der Waals surface area contributed by atoms with Crippen molar-refractivity contribution in [3.8, 4) is 0 Å². The van der Waals surface area contributed by atoms with Crippen LogP contribution in [-0.2, 0) is 10.8 Å². The molecule has 4 heteroatoms. The Labute approximate surface area is 282 Å². The number of benzene rings is 5. The van der Waals surface area contributed by atoms with Crippen molar-refractivity contribution < 1.29 is 0 Å². The molecular weight excluding hydrogens is 668 g/mol. The molecule has 0 N–H and O–H groups in total. The summed E-state index contributed by atoms with van der Waals surface area (Å²) >= 11 is 7.20. The van der Waals surface area contributed by atoms with E-state index >= 15 is 0 Å². The molecule has 0 aliphatic carbocycles. The third-order valence-electron chi connectivity index (χ3n) is 7.52. The van der Waals surface area contributed by atoms with E-state index in [0.29, 0.717) is 0 Å². The Morgan fingerprint density at radius 3 is 0.727 bits per heavy atom. The van der Waals surface area contributed by atoms with Gasteiger partial charge >= 0.3 is 0 Å². The van der Waals surface area contributed by atoms with Crippen LogP contribution in [-0.4, -0.2) is 0 Å². The predicted octanol–water partition coefficient (Wildman–Crippen LogP) is 13.8. The molecule has 0 aromatic heterocycles. The van der Waals surface area contributed by atoms with Crippen molar-refractivity contribution >= 4 is 66.0 Å². The van der Waals surface area contributed by atoms with E-state index in [4.69, 9.17) is 0 Å². The highest BCUT2D eigenvalue weighted by atomic mass is 79.9. The third-order valence-corrected chi connectivity index (χ3v) is 8.58. The van der Waals surface area contributed by atoms with Crippen LogP contribution in [0.2, 0.25) is 0 Å². The lowest BCUT2D eigenvalue weighted by atomic mass is 9.87. The minimum atomic E-state index is 0.101. The van der Waals surface area contributed by atoms with Gasteiger partial charge in [0.2, 0.25) is 0 Å². The molecule has 0 atom stereocenters. The predicted molar refractivity (Wildman–Crippen MR) is 200 cm³/mol. The highest BCUT2D eigenvalue weighted by Crippen LogP contribution is 2.40. The van der Waals surface area contributed by atoms with Gasteiger partial charge in [-0.2, -0.15) is 0 Å². The molecule has 5 rings (SSSR count). The summed E-state index contributed by atoms with van der Waals surface area (Å²) in [7, 11) is 0. The van der Waals surface area contributed by atoms with Crippen LogP contribution in [0.15, 0.2) is 130 Å². The fourth-order valence-corrected chi connectivity index (χ4v) is 5.58. The lowest BCUT2D eigenvalue weighted by Crippen LogP contribution is -2.14. The maximum atomic E-state index is 3.60. The van der Waals surface area contributed by atoms with E-state index in [1.54, 1.807) is 0 Å². The van der Waals surface area contributed by atoms with Crippen molar-refractivity contribution in [2.45, 2.75) is 66.2 Å². The molecule has 0 spiro atoms. The fraction of sp³-hybridized carbons (Fsp3) is 0.250. The molecule has 0 fully saturated rings. The quantitative estimate of drug-likeness (QED) is 0.173. The van der Waals surface area contributed by atoms with Crippen LogP contribution >= 0.6 is 31.9 Å². The second kappa shape index (κ2) is 14.2. The zero-order valence-electron chi connectivity index (χ0n) is 27.2. The maximum absolute atomic E-state index is 3.60. The molecule has 0 saturated heterocycles. The first kappa shape index (κ1) is 33.6. The number of anilines is 6. The van der Waals surface area contributed by atoms with Crippen LogP contribution in [0, 0.1) is 0 Å². The highest BCUT2D eigenvalue weighted by Gasteiger charge is 2.19. The molecular formula is C40H44Br2N2. The van der Waals surface area contributed by atoms with Crippen LogP contribution in [0.4, 0.5) is 34.1 Å². The SMILES string of the molecule is CC.CC(C)(C)c1ccc(N(c2ccc(Br)cc2)c2ccc(N(c3ccc(Br)cc3)c3ccc(C(C)(C)C)cc3)cc2)cc1. The largest absolute Gasteiger partial charge is 0.311 e. The maximum Gasteiger partial charge on any atom is 0.0463 e. The van der Waals surface area contributed by atoms with Gasteiger partial charge in [-0.3, -0.25) is 0 Å². The number of rotatable bonds is 6. The van der Waals surface area contributed by atoms with Gasteiger partial charge in [-0.15, -0.1) is 0 Å². The smallest absolute Gasteiger partial charge is 0.0463 e. The summed E-state index contributed by atoms with van der Waals surface area (Å²) in [5, 5.41) is 0. The summed E-state index contributed by atoms with van der Waals surface area (Å²) in [6.45, 7) is 17.5. The summed E-state index contributed by atoms with van der Waals surface area (Å²) in [4.78, 5) is 4.62. The monoisotopic (exact) mass is 710 g/mol. The first-order valence-corrected chi connectivity index (χ1v) is 16.9. The second-order valence-corrected chi connectivity index (χ2v) is 14.6. The molecule has 0 amide bonds. The zero-order chi connectivity index (χ0) is 32.1. The van der Waals surface area contributed by atoms with E-state index in [0.717, 1.165) is 43.1 Å². The fourth-order valence-electron chi connectivity index (χ4n) is 5.05. The van der Waals surface area contributed by atoms with E-state index in [1.165, 1.54) is 11.1 Å². The van der Waals surface area contributed by atoms with Gasteiger partial charge in [0, 0.05) is 43.1 Å². The molecule has 0 aliphatic rings. The second-order valence-electron chi connectivity index (χ2n) is 12.7. The normalized spacial score (nSPS) is 11.4. The molecule has 0 unspecified atom stereocenters. The van der Waals surface area contributed by atoms with Crippen molar-refractivity contribution in [3.63, 3.8) is 0 Å². The molecule has 228 valence electrons. The Hall–Kier alpha value is -3.34. The zero-order valence-corrected chi connectivity index (χ0v) is 30.4. The van der Waals surface area contributed by atoms with E-state index in [9.17, 15) is 0 Å². The van der Waals surface area contributed by atoms with Crippen molar-refractivity contribution in [2.24, 2.45) is 0 Å². The van der Waals surface area contributed by atoms with Gasteiger partial charge in [0.1, 0.15) is 0 Å². The van der Waals surface area contributed by atoms with E-state index in [2.05, 4.69) is 205 Å². The summed E-state index contributed by atoms with van der Waals surface area (Å²) in [6, 6.07) is 43.7. The lowest BCUT2D eigenvalue weighted by molar-refractivity contribution is 0.590. The van der Waals surface area contributed by atoms with Crippen LogP contribution in [0.3, 0.4) is 0 Å². The summed E-state index contributed by atoms with van der Waals surface area (Å²) in [5.74, 6) is 0. The van der Waals surface area contributed by atoms with E-state index in [-0.39, 0.29) is 10.8 Å². The minimum Gasteiger partial charge on any atom is -0.311 e. The van der Waals surface area contributed by atoms with Gasteiger partial charge in [0.15, 0.2) is 0 Å².